The zero-order valence-corrected chi connectivity index (χ0v) is 14.1. The molecule has 3 rings (SSSR count). The molecule has 2 amide bonds. The molecule has 6 heteroatoms. The highest BCUT2D eigenvalue weighted by Gasteiger charge is 2.33. The molecule has 2 heterocycles. The summed E-state index contributed by atoms with van der Waals surface area (Å²) in [4.78, 5) is 25.3. The van der Waals surface area contributed by atoms with Crippen LogP contribution in [0.1, 0.15) is 12.7 Å². The van der Waals surface area contributed by atoms with E-state index in [1.165, 1.54) is 4.90 Å². The zero-order valence-electron chi connectivity index (χ0n) is 11.7. The van der Waals surface area contributed by atoms with E-state index in [1.54, 1.807) is 19.1 Å². The van der Waals surface area contributed by atoms with Crippen LogP contribution in [-0.2, 0) is 4.79 Å². The molecule has 1 aromatic carbocycles. The zero-order chi connectivity index (χ0) is 15.7. The van der Waals surface area contributed by atoms with E-state index in [2.05, 4.69) is 15.9 Å². The van der Waals surface area contributed by atoms with Crippen molar-refractivity contribution < 1.29 is 14.0 Å². The molecule has 112 valence electrons. The van der Waals surface area contributed by atoms with E-state index in [9.17, 15) is 9.59 Å². The second kappa shape index (κ2) is 6.14. The van der Waals surface area contributed by atoms with E-state index >= 15 is 0 Å². The second-order valence-electron chi connectivity index (χ2n) is 4.63. The Morgan fingerprint density at radius 2 is 1.91 bits per heavy atom. The number of nitrogens with zero attached hydrogens (tertiary/aromatic N) is 1. The van der Waals surface area contributed by atoms with Crippen molar-refractivity contribution >= 4 is 44.9 Å². The SMILES string of the molecule is CCN1C(=O)S/C(=C/c2ccc(-c3ccc(Br)cc3)o2)C1=O. The lowest BCUT2D eigenvalue weighted by Crippen LogP contribution is -2.27. The highest BCUT2D eigenvalue weighted by molar-refractivity contribution is 9.10. The molecule has 22 heavy (non-hydrogen) atoms. The summed E-state index contributed by atoms with van der Waals surface area (Å²) < 4.78 is 6.73. The molecular weight excluding hydrogens is 366 g/mol. The van der Waals surface area contributed by atoms with E-state index < -0.39 is 0 Å². The Morgan fingerprint density at radius 3 is 2.55 bits per heavy atom. The third-order valence-electron chi connectivity index (χ3n) is 3.22. The summed E-state index contributed by atoms with van der Waals surface area (Å²) in [6.07, 6.45) is 1.61. The molecule has 2 aromatic rings. The fourth-order valence-electron chi connectivity index (χ4n) is 2.10. The molecule has 0 bridgehead atoms. The number of furan rings is 1. The highest BCUT2D eigenvalue weighted by Crippen LogP contribution is 2.33. The molecule has 1 fully saturated rings. The number of carbonyl (C=O) groups is 2. The van der Waals surface area contributed by atoms with Gasteiger partial charge in [-0.2, -0.15) is 0 Å². The predicted molar refractivity (Wildman–Crippen MR) is 90.2 cm³/mol. The Bertz CT molecular complexity index is 764. The normalized spacial score (nSPS) is 16.8. The maximum absolute atomic E-state index is 12.0. The minimum atomic E-state index is -0.265. The maximum atomic E-state index is 12.0. The smallest absolute Gasteiger partial charge is 0.293 e. The number of imide groups is 1. The van der Waals surface area contributed by atoms with Crippen LogP contribution < -0.4 is 0 Å². The van der Waals surface area contributed by atoms with Gasteiger partial charge in [0, 0.05) is 22.7 Å². The first-order valence-electron chi connectivity index (χ1n) is 6.69. The molecule has 1 aromatic heterocycles. The molecule has 0 saturated carbocycles. The standard InChI is InChI=1S/C16H12BrNO3S/c1-2-18-15(19)14(22-16(18)20)9-12-7-8-13(21-12)10-3-5-11(17)6-4-10/h3-9H,2H2,1H3/b14-9+. The van der Waals surface area contributed by atoms with Crippen LogP contribution in [0, 0.1) is 0 Å². The molecule has 1 saturated heterocycles. The van der Waals surface area contributed by atoms with E-state index in [4.69, 9.17) is 4.42 Å². The summed E-state index contributed by atoms with van der Waals surface area (Å²) >= 11 is 4.33. The lowest BCUT2D eigenvalue weighted by atomic mass is 10.2. The van der Waals surface area contributed by atoms with Gasteiger partial charge in [0.15, 0.2) is 0 Å². The molecule has 0 spiro atoms. The van der Waals surface area contributed by atoms with Gasteiger partial charge in [-0.15, -0.1) is 0 Å². The Labute approximate surface area is 140 Å². The van der Waals surface area contributed by atoms with Crippen molar-refractivity contribution in [2.45, 2.75) is 6.92 Å². The number of thioether (sulfide) groups is 1. The van der Waals surface area contributed by atoms with Gasteiger partial charge < -0.3 is 4.42 Å². The van der Waals surface area contributed by atoms with E-state index in [0.29, 0.717) is 23.0 Å². The van der Waals surface area contributed by atoms with Crippen LogP contribution in [0.3, 0.4) is 0 Å². The largest absolute Gasteiger partial charge is 0.457 e. The van der Waals surface area contributed by atoms with Crippen molar-refractivity contribution in [3.05, 3.63) is 51.5 Å². The Hall–Kier alpha value is -1.79. The van der Waals surface area contributed by atoms with E-state index in [0.717, 1.165) is 21.8 Å². The Balaban J connectivity index is 1.86. The number of hydrogen-bond donors (Lipinski definition) is 0. The molecule has 0 aliphatic carbocycles. The van der Waals surface area contributed by atoms with E-state index in [-0.39, 0.29) is 11.1 Å². The third-order valence-corrected chi connectivity index (χ3v) is 4.65. The summed E-state index contributed by atoms with van der Waals surface area (Å²) in [5.41, 5.74) is 0.949. The molecule has 0 N–H and O–H groups in total. The fraction of sp³-hybridized carbons (Fsp3) is 0.125. The van der Waals surface area contributed by atoms with Gasteiger partial charge in [0.1, 0.15) is 11.5 Å². The summed E-state index contributed by atoms with van der Waals surface area (Å²) in [6, 6.07) is 11.4. The Morgan fingerprint density at radius 1 is 1.18 bits per heavy atom. The van der Waals surface area contributed by atoms with Gasteiger partial charge in [-0.05, 0) is 43.0 Å². The molecule has 4 nitrogen and oxygen atoms in total. The lowest BCUT2D eigenvalue weighted by Gasteiger charge is -2.06. The van der Waals surface area contributed by atoms with Crippen LogP contribution in [-0.4, -0.2) is 22.6 Å². The monoisotopic (exact) mass is 377 g/mol. The predicted octanol–water partition coefficient (Wildman–Crippen LogP) is 4.77. The van der Waals surface area contributed by atoms with Gasteiger partial charge in [0.25, 0.3) is 11.1 Å². The number of hydrogen-bond acceptors (Lipinski definition) is 4. The number of carbonyl (C=O) groups excluding carboxylic acids is 2. The van der Waals surface area contributed by atoms with Gasteiger partial charge in [0.05, 0.1) is 4.91 Å². The minimum Gasteiger partial charge on any atom is -0.457 e. The van der Waals surface area contributed by atoms with Gasteiger partial charge in [-0.1, -0.05) is 28.1 Å². The van der Waals surface area contributed by atoms with Crippen LogP contribution in [0.2, 0.25) is 0 Å². The van der Waals surface area contributed by atoms with Crippen molar-refractivity contribution in [3.63, 3.8) is 0 Å². The maximum Gasteiger partial charge on any atom is 0.293 e. The van der Waals surface area contributed by atoms with Gasteiger partial charge >= 0.3 is 0 Å². The van der Waals surface area contributed by atoms with Crippen LogP contribution in [0.25, 0.3) is 17.4 Å². The van der Waals surface area contributed by atoms with Gasteiger partial charge in [-0.25, -0.2) is 0 Å². The molecule has 0 radical (unpaired) electrons. The van der Waals surface area contributed by atoms with Crippen molar-refractivity contribution in [2.75, 3.05) is 6.54 Å². The summed E-state index contributed by atoms with van der Waals surface area (Å²) in [5, 5.41) is -0.238. The summed E-state index contributed by atoms with van der Waals surface area (Å²) in [7, 11) is 0. The molecule has 1 aliphatic rings. The number of likely N-dealkylation sites (N-methyl/N-ethyl adjacent to an activating group) is 1. The van der Waals surface area contributed by atoms with E-state index in [1.807, 2.05) is 30.3 Å². The molecule has 0 atom stereocenters. The van der Waals surface area contributed by atoms with Crippen molar-refractivity contribution in [1.29, 1.82) is 0 Å². The first-order chi connectivity index (χ1) is 10.6. The lowest BCUT2D eigenvalue weighted by molar-refractivity contribution is -0.122. The number of amides is 2. The fourth-order valence-corrected chi connectivity index (χ4v) is 3.25. The quantitative estimate of drug-likeness (QED) is 0.723. The Kier molecular flexibility index (Phi) is 4.22. The minimum absolute atomic E-state index is 0.238. The van der Waals surface area contributed by atoms with Crippen molar-refractivity contribution in [1.82, 2.24) is 4.90 Å². The number of rotatable bonds is 3. The second-order valence-corrected chi connectivity index (χ2v) is 6.54. The van der Waals surface area contributed by atoms with Crippen molar-refractivity contribution in [3.8, 4) is 11.3 Å². The number of benzene rings is 1. The average molecular weight is 378 g/mol. The van der Waals surface area contributed by atoms with Crippen LogP contribution >= 0.6 is 27.7 Å². The first-order valence-corrected chi connectivity index (χ1v) is 8.30. The molecule has 0 unspecified atom stereocenters. The van der Waals surface area contributed by atoms with Crippen LogP contribution in [0.4, 0.5) is 4.79 Å². The molecular formula is C16H12BrNO3S. The number of halogens is 1. The van der Waals surface area contributed by atoms with Crippen molar-refractivity contribution in [2.24, 2.45) is 0 Å². The third kappa shape index (κ3) is 2.89. The van der Waals surface area contributed by atoms with Crippen LogP contribution in [0.15, 0.2) is 50.2 Å². The van der Waals surface area contributed by atoms with Gasteiger partial charge in [-0.3, -0.25) is 14.5 Å². The first kappa shape index (κ1) is 15.1. The summed E-state index contributed by atoms with van der Waals surface area (Å²) in [6.45, 7) is 2.15. The van der Waals surface area contributed by atoms with Crippen LogP contribution in [0.5, 0.6) is 0 Å². The topological polar surface area (TPSA) is 50.5 Å². The highest BCUT2D eigenvalue weighted by atomic mass is 79.9. The summed E-state index contributed by atoms with van der Waals surface area (Å²) in [5.74, 6) is 1.01. The van der Waals surface area contributed by atoms with Gasteiger partial charge in [0.2, 0.25) is 0 Å². The average Bonchev–Trinajstić information content (AvgIpc) is 3.06. The molecule has 1 aliphatic heterocycles.